The van der Waals surface area contributed by atoms with Crippen LogP contribution in [0.1, 0.15) is 5.82 Å². The Labute approximate surface area is 94.2 Å². The standard InChI is InChI=1S/C12H13N3O/c1-15-8-7-13-12(15)9-14-10-3-5-11(16-2)6-4-10/h3-9H,1-2H3. The van der Waals surface area contributed by atoms with Crippen LogP contribution < -0.4 is 4.74 Å². The first-order chi connectivity index (χ1) is 7.79. The van der Waals surface area contributed by atoms with Gasteiger partial charge in [-0.25, -0.2) is 4.98 Å². The summed E-state index contributed by atoms with van der Waals surface area (Å²) in [6.07, 6.45) is 5.37. The zero-order valence-corrected chi connectivity index (χ0v) is 9.29. The molecule has 2 rings (SSSR count). The number of aryl methyl sites for hydroxylation is 1. The highest BCUT2D eigenvalue weighted by Gasteiger charge is 1.94. The van der Waals surface area contributed by atoms with E-state index in [2.05, 4.69) is 9.98 Å². The van der Waals surface area contributed by atoms with Crippen LogP contribution in [0.25, 0.3) is 0 Å². The van der Waals surface area contributed by atoms with E-state index in [0.717, 1.165) is 17.3 Å². The fourth-order valence-electron chi connectivity index (χ4n) is 1.30. The van der Waals surface area contributed by atoms with Crippen molar-refractivity contribution in [3.63, 3.8) is 0 Å². The minimum Gasteiger partial charge on any atom is -0.497 e. The molecule has 82 valence electrons. The van der Waals surface area contributed by atoms with Gasteiger partial charge in [0.05, 0.1) is 19.0 Å². The molecule has 0 spiro atoms. The van der Waals surface area contributed by atoms with E-state index in [4.69, 9.17) is 4.74 Å². The molecular weight excluding hydrogens is 202 g/mol. The molecule has 0 bridgehead atoms. The zero-order chi connectivity index (χ0) is 11.4. The number of nitrogens with zero attached hydrogens (tertiary/aromatic N) is 3. The molecule has 1 heterocycles. The highest BCUT2D eigenvalue weighted by Crippen LogP contribution is 2.17. The van der Waals surface area contributed by atoms with Crippen molar-refractivity contribution in [3.05, 3.63) is 42.5 Å². The first-order valence-electron chi connectivity index (χ1n) is 4.95. The van der Waals surface area contributed by atoms with E-state index in [1.807, 2.05) is 42.1 Å². The van der Waals surface area contributed by atoms with Crippen LogP contribution >= 0.6 is 0 Å². The second-order valence-electron chi connectivity index (χ2n) is 3.35. The van der Waals surface area contributed by atoms with Crippen molar-refractivity contribution in [2.75, 3.05) is 7.11 Å². The quantitative estimate of drug-likeness (QED) is 0.736. The van der Waals surface area contributed by atoms with E-state index in [9.17, 15) is 0 Å². The molecule has 16 heavy (non-hydrogen) atoms. The van der Waals surface area contributed by atoms with E-state index in [1.54, 1.807) is 19.5 Å². The molecule has 4 heteroatoms. The van der Waals surface area contributed by atoms with Gasteiger partial charge in [0, 0.05) is 19.4 Å². The van der Waals surface area contributed by atoms with Crippen molar-refractivity contribution in [2.24, 2.45) is 12.0 Å². The fraction of sp³-hybridized carbons (Fsp3) is 0.167. The van der Waals surface area contributed by atoms with Gasteiger partial charge in [-0.15, -0.1) is 0 Å². The number of benzene rings is 1. The van der Waals surface area contributed by atoms with Gasteiger partial charge < -0.3 is 9.30 Å². The van der Waals surface area contributed by atoms with E-state index in [0.29, 0.717) is 0 Å². The highest BCUT2D eigenvalue weighted by atomic mass is 16.5. The lowest BCUT2D eigenvalue weighted by molar-refractivity contribution is 0.415. The molecule has 0 fully saturated rings. The summed E-state index contributed by atoms with van der Waals surface area (Å²) in [4.78, 5) is 8.47. The lowest BCUT2D eigenvalue weighted by atomic mass is 10.3. The molecule has 1 aromatic heterocycles. The minimum absolute atomic E-state index is 0.829. The lowest BCUT2D eigenvalue weighted by Crippen LogP contribution is -1.94. The van der Waals surface area contributed by atoms with Gasteiger partial charge in [0.25, 0.3) is 0 Å². The van der Waals surface area contributed by atoms with Crippen LogP contribution in [0.2, 0.25) is 0 Å². The second-order valence-corrected chi connectivity index (χ2v) is 3.35. The van der Waals surface area contributed by atoms with Crippen molar-refractivity contribution >= 4 is 11.9 Å². The molecule has 0 radical (unpaired) electrons. The molecule has 0 aliphatic heterocycles. The SMILES string of the molecule is COc1ccc(N=Cc2nccn2C)cc1. The summed E-state index contributed by atoms with van der Waals surface area (Å²) in [5.41, 5.74) is 0.879. The Balaban J connectivity index is 2.14. The molecule has 0 atom stereocenters. The van der Waals surface area contributed by atoms with Gasteiger partial charge in [-0.2, -0.15) is 0 Å². The molecule has 0 saturated carbocycles. The van der Waals surface area contributed by atoms with Crippen LogP contribution in [0.3, 0.4) is 0 Å². The number of ether oxygens (including phenoxy) is 1. The fourth-order valence-corrected chi connectivity index (χ4v) is 1.30. The molecule has 2 aromatic rings. The molecular formula is C12H13N3O. The maximum absolute atomic E-state index is 5.07. The van der Waals surface area contributed by atoms with Gasteiger partial charge in [-0.1, -0.05) is 0 Å². The number of imidazole rings is 1. The summed E-state index contributed by atoms with van der Waals surface area (Å²) in [5.74, 6) is 1.66. The van der Waals surface area contributed by atoms with Crippen LogP contribution in [0.4, 0.5) is 5.69 Å². The largest absolute Gasteiger partial charge is 0.497 e. The zero-order valence-electron chi connectivity index (χ0n) is 9.29. The molecule has 0 aliphatic rings. The third kappa shape index (κ3) is 2.28. The van der Waals surface area contributed by atoms with Crippen molar-refractivity contribution in [1.82, 2.24) is 9.55 Å². The Morgan fingerprint density at radius 3 is 2.62 bits per heavy atom. The highest BCUT2D eigenvalue weighted by molar-refractivity contribution is 5.77. The predicted molar refractivity (Wildman–Crippen MR) is 63.5 cm³/mol. The molecule has 0 N–H and O–H groups in total. The first-order valence-corrected chi connectivity index (χ1v) is 4.95. The van der Waals surface area contributed by atoms with Crippen LogP contribution in [0, 0.1) is 0 Å². The Bertz CT molecular complexity index is 485. The average Bonchev–Trinajstić information content (AvgIpc) is 2.73. The Hall–Kier alpha value is -2.10. The molecule has 1 aromatic carbocycles. The van der Waals surface area contributed by atoms with Gasteiger partial charge in [0.2, 0.25) is 0 Å². The third-order valence-electron chi connectivity index (χ3n) is 2.26. The maximum Gasteiger partial charge on any atom is 0.150 e. The summed E-state index contributed by atoms with van der Waals surface area (Å²) >= 11 is 0. The Morgan fingerprint density at radius 2 is 2.06 bits per heavy atom. The summed E-state index contributed by atoms with van der Waals surface area (Å²) in [7, 11) is 3.58. The smallest absolute Gasteiger partial charge is 0.150 e. The molecule has 4 nitrogen and oxygen atoms in total. The van der Waals surface area contributed by atoms with Crippen LogP contribution in [-0.2, 0) is 7.05 Å². The number of aliphatic imine (C=N–C) groups is 1. The summed E-state index contributed by atoms with van der Waals surface area (Å²) in [6.45, 7) is 0. The number of aromatic nitrogens is 2. The predicted octanol–water partition coefficient (Wildman–Crippen LogP) is 2.18. The van der Waals surface area contributed by atoms with E-state index >= 15 is 0 Å². The van der Waals surface area contributed by atoms with E-state index in [1.165, 1.54) is 0 Å². The Morgan fingerprint density at radius 1 is 1.31 bits per heavy atom. The number of hydrogen-bond acceptors (Lipinski definition) is 3. The van der Waals surface area contributed by atoms with Crippen LogP contribution in [-0.4, -0.2) is 22.9 Å². The van der Waals surface area contributed by atoms with Crippen LogP contribution in [0.5, 0.6) is 5.75 Å². The van der Waals surface area contributed by atoms with Gasteiger partial charge in [0.1, 0.15) is 5.75 Å². The molecule has 0 aliphatic carbocycles. The van der Waals surface area contributed by atoms with Crippen LogP contribution in [0.15, 0.2) is 41.7 Å². The number of hydrogen-bond donors (Lipinski definition) is 0. The topological polar surface area (TPSA) is 39.4 Å². The third-order valence-corrected chi connectivity index (χ3v) is 2.26. The van der Waals surface area contributed by atoms with E-state index < -0.39 is 0 Å². The number of rotatable bonds is 3. The van der Waals surface area contributed by atoms with Crippen molar-refractivity contribution in [2.45, 2.75) is 0 Å². The first kappa shape index (κ1) is 10.4. The van der Waals surface area contributed by atoms with Crippen molar-refractivity contribution < 1.29 is 4.74 Å². The van der Waals surface area contributed by atoms with E-state index in [-0.39, 0.29) is 0 Å². The Kier molecular flexibility index (Phi) is 3.00. The second kappa shape index (κ2) is 4.61. The average molecular weight is 215 g/mol. The van der Waals surface area contributed by atoms with Crippen molar-refractivity contribution in [1.29, 1.82) is 0 Å². The molecule has 0 unspecified atom stereocenters. The number of methoxy groups -OCH3 is 1. The summed E-state index contributed by atoms with van der Waals surface area (Å²) in [5, 5.41) is 0. The van der Waals surface area contributed by atoms with Crippen molar-refractivity contribution in [3.8, 4) is 5.75 Å². The molecule has 0 saturated heterocycles. The van der Waals surface area contributed by atoms with Gasteiger partial charge in [0.15, 0.2) is 5.82 Å². The minimum atomic E-state index is 0.829. The molecule has 0 amide bonds. The van der Waals surface area contributed by atoms with Gasteiger partial charge in [-0.3, -0.25) is 4.99 Å². The lowest BCUT2D eigenvalue weighted by Gasteiger charge is -1.98. The summed E-state index contributed by atoms with van der Waals surface area (Å²) in [6, 6.07) is 7.56. The normalized spacial score (nSPS) is 10.9. The summed E-state index contributed by atoms with van der Waals surface area (Å²) < 4.78 is 6.98. The van der Waals surface area contributed by atoms with Gasteiger partial charge in [-0.05, 0) is 24.3 Å². The monoisotopic (exact) mass is 215 g/mol. The van der Waals surface area contributed by atoms with Gasteiger partial charge >= 0.3 is 0 Å². The maximum atomic E-state index is 5.07.